The summed E-state index contributed by atoms with van der Waals surface area (Å²) in [4.78, 5) is -1.49. The molecule has 22 heavy (non-hydrogen) atoms. The first kappa shape index (κ1) is 17.7. The molecule has 0 bridgehead atoms. The molecule has 6 nitrogen and oxygen atoms in total. The largest absolute Gasteiger partial charge is 0.423 e. The number of rotatable bonds is 7. The van der Waals surface area contributed by atoms with Gasteiger partial charge in [0.2, 0.25) is 4.90 Å². The van der Waals surface area contributed by atoms with E-state index < -0.39 is 20.1 Å². The summed E-state index contributed by atoms with van der Waals surface area (Å²) in [5.74, 6) is 0.390. The summed E-state index contributed by atoms with van der Waals surface area (Å²) in [7, 11) is -7.54. The van der Waals surface area contributed by atoms with Crippen molar-refractivity contribution < 1.29 is 27.2 Å². The first-order chi connectivity index (χ1) is 10.4. The minimum absolute atomic E-state index is 0.166. The maximum Gasteiger partial charge on any atom is 0.401 e. The minimum atomic E-state index is -3.78. The molecule has 0 fully saturated rings. The third-order valence-electron chi connectivity index (χ3n) is 3.58. The molecule has 2 unspecified atom stereocenters. The van der Waals surface area contributed by atoms with E-state index in [-0.39, 0.29) is 19.8 Å². The van der Waals surface area contributed by atoms with Gasteiger partial charge in [-0.1, -0.05) is 18.2 Å². The Kier molecular flexibility index (Phi) is 5.20. The molecule has 2 rings (SSSR count). The van der Waals surface area contributed by atoms with E-state index in [1.165, 1.54) is 0 Å². The molecule has 0 aliphatic carbocycles. The average Bonchev–Trinajstić information content (AvgIpc) is 2.70. The van der Waals surface area contributed by atoms with Crippen LogP contribution < -0.4 is 4.52 Å². The molecule has 2 atom stereocenters. The van der Waals surface area contributed by atoms with Crippen LogP contribution in [0.5, 0.6) is 5.75 Å². The summed E-state index contributed by atoms with van der Waals surface area (Å²) >= 11 is 0. The van der Waals surface area contributed by atoms with Crippen molar-refractivity contribution in [3.05, 3.63) is 29.8 Å². The summed E-state index contributed by atoms with van der Waals surface area (Å²) in [5.41, 5.74) is 0.525. The zero-order chi connectivity index (χ0) is 16.4. The van der Waals surface area contributed by atoms with Crippen molar-refractivity contribution >= 4 is 15.2 Å². The molecule has 0 spiro atoms. The lowest BCUT2D eigenvalue weighted by Gasteiger charge is -2.34. The predicted molar refractivity (Wildman–Crippen MR) is 84.5 cm³/mol. The third kappa shape index (κ3) is 2.47. The lowest BCUT2D eigenvalue weighted by atomic mass is 10.1. The van der Waals surface area contributed by atoms with Gasteiger partial charge in [-0.15, -0.1) is 0 Å². The number of hydrogen-bond donors (Lipinski definition) is 0. The Bertz CT molecular complexity index is 622. The molecule has 1 aliphatic heterocycles. The van der Waals surface area contributed by atoms with Gasteiger partial charge in [-0.25, -0.2) is 4.57 Å². The zero-order valence-corrected chi connectivity index (χ0v) is 15.1. The van der Waals surface area contributed by atoms with Crippen molar-refractivity contribution in [3.8, 4) is 5.75 Å². The van der Waals surface area contributed by atoms with E-state index in [0.29, 0.717) is 11.3 Å². The Balaban J connectivity index is 2.68. The average molecular weight is 348 g/mol. The van der Waals surface area contributed by atoms with Crippen LogP contribution in [-0.4, -0.2) is 19.8 Å². The van der Waals surface area contributed by atoms with Crippen molar-refractivity contribution in [2.45, 2.75) is 32.6 Å². The van der Waals surface area contributed by atoms with Crippen molar-refractivity contribution in [1.29, 1.82) is 0 Å². The van der Waals surface area contributed by atoms with Gasteiger partial charge in [0, 0.05) is 5.56 Å². The molecule has 0 radical (unpaired) electrons. The number of para-hydroxylation sites is 1. The molecule has 1 aromatic rings. The van der Waals surface area contributed by atoms with Gasteiger partial charge < -0.3 is 13.6 Å². The molecular weight excluding hydrogens is 326 g/mol. The highest BCUT2D eigenvalue weighted by molar-refractivity contribution is 7.74. The Morgan fingerprint density at radius 2 is 1.73 bits per heavy atom. The SMILES string of the molecule is CCOP(=O)(OCC)C1(C)c2ccccc2OP1(=O)OCC. The quantitative estimate of drug-likeness (QED) is 0.662. The Morgan fingerprint density at radius 1 is 1.14 bits per heavy atom. The van der Waals surface area contributed by atoms with Crippen LogP contribution in [0.25, 0.3) is 0 Å². The lowest BCUT2D eigenvalue weighted by Crippen LogP contribution is -2.24. The van der Waals surface area contributed by atoms with Crippen LogP contribution in [0.15, 0.2) is 24.3 Å². The molecule has 1 aromatic carbocycles. The fraction of sp³-hybridized carbons (Fsp3) is 0.571. The monoisotopic (exact) mass is 348 g/mol. The van der Waals surface area contributed by atoms with E-state index in [1.807, 2.05) is 0 Å². The normalized spacial score (nSPS) is 27.5. The highest BCUT2D eigenvalue weighted by atomic mass is 31.2. The third-order valence-corrected chi connectivity index (χ3v) is 9.90. The predicted octanol–water partition coefficient (Wildman–Crippen LogP) is 4.75. The summed E-state index contributed by atoms with van der Waals surface area (Å²) in [5, 5.41) is 0. The van der Waals surface area contributed by atoms with Crippen LogP contribution in [0.1, 0.15) is 33.3 Å². The topological polar surface area (TPSA) is 71.1 Å². The van der Waals surface area contributed by atoms with Crippen molar-refractivity contribution in [3.63, 3.8) is 0 Å². The van der Waals surface area contributed by atoms with E-state index in [2.05, 4.69) is 0 Å². The van der Waals surface area contributed by atoms with Gasteiger partial charge in [-0.2, -0.15) is 0 Å². The minimum Gasteiger partial charge on any atom is -0.423 e. The fourth-order valence-corrected chi connectivity index (χ4v) is 7.85. The van der Waals surface area contributed by atoms with Crippen LogP contribution in [0, 0.1) is 0 Å². The maximum atomic E-state index is 13.4. The van der Waals surface area contributed by atoms with Gasteiger partial charge in [0.15, 0.2) is 0 Å². The zero-order valence-electron chi connectivity index (χ0n) is 13.3. The molecular formula is C14H22O6P2. The Labute approximate surface area is 131 Å². The standard InChI is InChI=1S/C14H22O6P2/c1-5-17-21(15,18-6-2)14(4)12-10-8-9-11-13(12)20-22(14,16)19-7-3/h8-11H,5-7H2,1-4H3. The van der Waals surface area contributed by atoms with Crippen LogP contribution >= 0.6 is 15.2 Å². The van der Waals surface area contributed by atoms with Crippen molar-refractivity contribution in [2.75, 3.05) is 19.8 Å². The Morgan fingerprint density at radius 3 is 2.27 bits per heavy atom. The lowest BCUT2D eigenvalue weighted by molar-refractivity contribution is 0.201. The van der Waals surface area contributed by atoms with Gasteiger partial charge in [0.25, 0.3) is 0 Å². The molecule has 1 heterocycles. The Hall–Kier alpha value is -0.640. The van der Waals surface area contributed by atoms with Crippen LogP contribution in [0.3, 0.4) is 0 Å². The molecule has 124 valence electrons. The van der Waals surface area contributed by atoms with E-state index in [4.69, 9.17) is 18.1 Å². The second kappa shape index (κ2) is 6.46. The second-order valence-electron chi connectivity index (χ2n) is 4.86. The number of hydrogen-bond acceptors (Lipinski definition) is 6. The smallest absolute Gasteiger partial charge is 0.401 e. The van der Waals surface area contributed by atoms with Crippen LogP contribution in [0.4, 0.5) is 0 Å². The van der Waals surface area contributed by atoms with Crippen LogP contribution in [0.2, 0.25) is 0 Å². The van der Waals surface area contributed by atoms with Gasteiger partial charge in [0.05, 0.1) is 19.8 Å². The molecule has 0 amide bonds. The van der Waals surface area contributed by atoms with E-state index in [1.54, 1.807) is 52.0 Å². The molecule has 1 aliphatic rings. The van der Waals surface area contributed by atoms with Crippen LogP contribution in [-0.2, 0) is 27.6 Å². The van der Waals surface area contributed by atoms with Gasteiger partial charge in [-0.3, -0.25) is 9.09 Å². The van der Waals surface area contributed by atoms with E-state index in [9.17, 15) is 9.13 Å². The fourth-order valence-electron chi connectivity index (χ4n) is 2.55. The molecule has 0 aromatic heterocycles. The first-order valence-corrected chi connectivity index (χ1v) is 10.4. The first-order valence-electron chi connectivity index (χ1n) is 7.31. The van der Waals surface area contributed by atoms with E-state index >= 15 is 0 Å². The molecule has 0 saturated carbocycles. The second-order valence-corrected chi connectivity index (χ2v) is 9.95. The summed E-state index contributed by atoms with van der Waals surface area (Å²) in [6.07, 6.45) is 0. The highest BCUT2D eigenvalue weighted by Crippen LogP contribution is 2.85. The van der Waals surface area contributed by atoms with Gasteiger partial charge in [-0.05, 0) is 33.8 Å². The number of benzene rings is 1. The number of fused-ring (bicyclic) bond motifs is 1. The summed E-state index contributed by atoms with van der Waals surface area (Å²) in [6.45, 7) is 7.20. The molecule has 0 saturated heterocycles. The maximum absolute atomic E-state index is 13.4. The van der Waals surface area contributed by atoms with Gasteiger partial charge >= 0.3 is 15.2 Å². The molecule has 0 N–H and O–H groups in total. The van der Waals surface area contributed by atoms with Crippen molar-refractivity contribution in [2.24, 2.45) is 0 Å². The highest BCUT2D eigenvalue weighted by Gasteiger charge is 2.68. The summed E-state index contributed by atoms with van der Waals surface area (Å²) in [6, 6.07) is 6.92. The molecule has 8 heteroatoms. The van der Waals surface area contributed by atoms with Crippen molar-refractivity contribution in [1.82, 2.24) is 0 Å². The van der Waals surface area contributed by atoms with E-state index in [0.717, 1.165) is 0 Å². The summed E-state index contributed by atoms with van der Waals surface area (Å²) < 4.78 is 48.7. The van der Waals surface area contributed by atoms with Gasteiger partial charge in [0.1, 0.15) is 5.75 Å².